The van der Waals surface area contributed by atoms with Gasteiger partial charge in [0.05, 0.1) is 8.07 Å². The molecule has 1 radical (unpaired) electrons. The fourth-order valence-electron chi connectivity index (χ4n) is 8.12. The van der Waals surface area contributed by atoms with Gasteiger partial charge in [0.2, 0.25) is 0 Å². The molecule has 0 saturated carbocycles. The molecule has 7 heteroatoms. The van der Waals surface area contributed by atoms with Gasteiger partial charge in [0.25, 0.3) is 0 Å². The van der Waals surface area contributed by atoms with E-state index in [2.05, 4.69) is 203 Å². The van der Waals surface area contributed by atoms with Crippen LogP contribution in [0.4, 0.5) is 0 Å². The van der Waals surface area contributed by atoms with Gasteiger partial charge in [-0.15, -0.1) is 35.9 Å². The molecule has 0 N–H and O–H groups in total. The van der Waals surface area contributed by atoms with Crippen LogP contribution in [-0.2, 0) is 26.5 Å². The summed E-state index contributed by atoms with van der Waals surface area (Å²) in [5.41, 5.74) is 13.4. The minimum absolute atomic E-state index is 0. The predicted molar refractivity (Wildman–Crippen MR) is 267 cm³/mol. The molecule has 0 bridgehead atoms. The van der Waals surface area contributed by atoms with Crippen molar-refractivity contribution in [3.05, 3.63) is 150 Å². The topological polar surface area (TPSA) is 30.7 Å². The van der Waals surface area contributed by atoms with Crippen molar-refractivity contribution in [2.45, 2.75) is 96.7 Å². The van der Waals surface area contributed by atoms with Gasteiger partial charge in [-0.05, 0) is 23.2 Å². The van der Waals surface area contributed by atoms with Crippen molar-refractivity contribution in [2.75, 3.05) is 0 Å². The molecular formula is C54H61GeIrN3SSi-2. The van der Waals surface area contributed by atoms with E-state index in [4.69, 9.17) is 4.98 Å². The molecule has 0 aliphatic carbocycles. The van der Waals surface area contributed by atoms with Crippen molar-refractivity contribution in [3.8, 4) is 39.5 Å². The first kappa shape index (κ1) is 46.6. The molecule has 3 nitrogen and oxygen atoms in total. The zero-order valence-electron chi connectivity index (χ0n) is 38.1. The first-order valence-corrected chi connectivity index (χ1v) is 33.3. The van der Waals surface area contributed by atoms with Gasteiger partial charge in [-0.1, -0.05) is 63.3 Å². The third kappa shape index (κ3) is 10.3. The molecule has 3 heterocycles. The van der Waals surface area contributed by atoms with E-state index >= 15 is 0 Å². The van der Waals surface area contributed by atoms with Crippen molar-refractivity contribution in [1.82, 2.24) is 14.5 Å². The molecule has 8 aromatic rings. The molecular weight excluding hydrogens is 1020 g/mol. The Bertz CT molecular complexity index is 2710. The van der Waals surface area contributed by atoms with Crippen molar-refractivity contribution in [2.24, 2.45) is 5.92 Å². The molecule has 0 saturated heterocycles. The number of hydrogen-bond donors (Lipinski definition) is 0. The summed E-state index contributed by atoms with van der Waals surface area (Å²) < 4.78 is 5.23. The summed E-state index contributed by atoms with van der Waals surface area (Å²) in [6.07, 6.45) is 3.24. The van der Waals surface area contributed by atoms with Crippen LogP contribution in [0.2, 0.25) is 36.9 Å². The van der Waals surface area contributed by atoms with Crippen LogP contribution in [0, 0.1) is 17.4 Å². The Morgan fingerprint density at radius 3 is 2.00 bits per heavy atom. The molecule has 0 amide bonds. The summed E-state index contributed by atoms with van der Waals surface area (Å²) in [6.45, 7) is 21.0. The number of para-hydroxylation sites is 2. The van der Waals surface area contributed by atoms with Gasteiger partial charge in [-0.2, -0.15) is 0 Å². The maximum Gasteiger partial charge on any atom is 0 e. The SMILES string of the molecule is CC(C)Cc1cc(-c2[c-]cccc2)ncc1[Si](C)(C)C.CC(C)c1cc(-c2ccccc2)cc(C(C)C)c1-n1c(-c2[c-]sc3cc[c]([Ge]([CH3])([CH3])[CH3])cc23)nc2ccccc21.[Ir]. The van der Waals surface area contributed by atoms with E-state index in [9.17, 15) is 0 Å². The van der Waals surface area contributed by atoms with E-state index < -0.39 is 21.3 Å². The second-order valence-corrected chi connectivity index (χ2v) is 35.9. The third-order valence-corrected chi connectivity index (χ3v) is 18.6. The molecule has 0 aliphatic heterocycles. The molecule has 3 aromatic heterocycles. The number of imidazole rings is 1. The third-order valence-electron chi connectivity index (χ3n) is 11.3. The number of thiophene rings is 1. The quantitative estimate of drug-likeness (QED) is 0.101. The van der Waals surface area contributed by atoms with Gasteiger partial charge >= 0.3 is 228 Å². The van der Waals surface area contributed by atoms with Crippen LogP contribution >= 0.6 is 11.3 Å². The Kier molecular flexibility index (Phi) is 14.7. The van der Waals surface area contributed by atoms with Gasteiger partial charge in [0.15, 0.2) is 0 Å². The van der Waals surface area contributed by atoms with Gasteiger partial charge in [-0.25, -0.2) is 0 Å². The van der Waals surface area contributed by atoms with Crippen molar-refractivity contribution >= 4 is 63.4 Å². The van der Waals surface area contributed by atoms with Gasteiger partial charge in [0.1, 0.15) is 0 Å². The van der Waals surface area contributed by atoms with Crippen molar-refractivity contribution in [3.63, 3.8) is 0 Å². The molecule has 5 aromatic carbocycles. The number of hydrogen-bond acceptors (Lipinski definition) is 3. The molecule has 8 rings (SSSR count). The summed E-state index contributed by atoms with van der Waals surface area (Å²) in [6, 6.07) is 44.9. The molecule has 0 fully saturated rings. The molecule has 0 unspecified atom stereocenters. The standard InChI is InChI=1S/C36H37GeN2S.C18H24NSi.Ir/c1-23(2)28-19-26(25-13-9-8-10-14-25)20-29(24(3)4)35(28)39-33-16-12-11-15-32(33)38-36(39)31-22-40-34-18-17-27(21-30(31)34)37(5,6)7;1-14(2)11-16-12-17(15-9-7-6-8-10-15)19-13-18(16)20(3,4)5;/h8-21,23-24H,1-7H3;6-9,12-14H,11H2,1-5H3;/q2*-1;. The molecule has 0 atom stereocenters. The summed E-state index contributed by atoms with van der Waals surface area (Å²) >= 11 is -0.316. The van der Waals surface area contributed by atoms with Crippen LogP contribution in [0.1, 0.15) is 70.1 Å². The normalized spacial score (nSPS) is 12.0. The number of pyridine rings is 1. The number of rotatable bonds is 10. The average Bonchev–Trinajstić information content (AvgIpc) is 3.81. The van der Waals surface area contributed by atoms with Crippen molar-refractivity contribution < 1.29 is 20.1 Å². The zero-order chi connectivity index (χ0) is 42.9. The second-order valence-electron chi connectivity index (χ2n) is 19.3. The number of aromatic nitrogens is 3. The van der Waals surface area contributed by atoms with Crippen LogP contribution in [0.3, 0.4) is 0 Å². The number of nitrogens with zero attached hydrogens (tertiary/aromatic N) is 3. The van der Waals surface area contributed by atoms with Gasteiger partial charge in [0, 0.05) is 26.3 Å². The summed E-state index contributed by atoms with van der Waals surface area (Å²) in [5, 5.41) is 6.46. The molecule has 317 valence electrons. The van der Waals surface area contributed by atoms with E-state index in [1.165, 1.54) is 53.2 Å². The molecule has 0 aliphatic rings. The Morgan fingerprint density at radius 1 is 0.738 bits per heavy atom. The van der Waals surface area contributed by atoms with Gasteiger partial charge in [-0.3, -0.25) is 0 Å². The smallest absolute Gasteiger partial charge is 0 e. The minimum atomic E-state index is -2.02. The van der Waals surface area contributed by atoms with E-state index in [-0.39, 0.29) is 20.1 Å². The fourth-order valence-corrected chi connectivity index (χ4v) is 13.0. The number of benzene rings is 5. The molecule has 0 spiro atoms. The maximum absolute atomic E-state index is 5.31. The maximum atomic E-state index is 5.31. The Morgan fingerprint density at radius 2 is 1.39 bits per heavy atom. The monoisotopic (exact) mass is 1080 g/mol. The van der Waals surface area contributed by atoms with E-state index in [0.717, 1.165) is 40.1 Å². The fraction of sp³-hybridized carbons (Fsp3) is 0.296. The van der Waals surface area contributed by atoms with Crippen molar-refractivity contribution in [1.29, 1.82) is 0 Å². The number of fused-ring (bicyclic) bond motifs is 2. The van der Waals surface area contributed by atoms with Crippen LogP contribution in [0.5, 0.6) is 0 Å². The summed E-state index contributed by atoms with van der Waals surface area (Å²) in [5.74, 6) is 9.73. The summed E-state index contributed by atoms with van der Waals surface area (Å²) in [7, 11) is -1.34. The minimum Gasteiger partial charge on any atom is 0 e. The van der Waals surface area contributed by atoms with Crippen LogP contribution in [0.15, 0.2) is 121 Å². The van der Waals surface area contributed by atoms with E-state index in [1.807, 2.05) is 18.2 Å². The second kappa shape index (κ2) is 19.2. The zero-order valence-corrected chi connectivity index (χ0v) is 44.4. The Hall–Kier alpha value is -3.91. The Balaban J connectivity index is 0.000000250. The van der Waals surface area contributed by atoms with E-state index in [1.54, 1.807) is 11.3 Å². The Labute approximate surface area is 386 Å². The first-order chi connectivity index (χ1) is 28.5. The van der Waals surface area contributed by atoms with Crippen LogP contribution in [0.25, 0.3) is 60.6 Å². The predicted octanol–water partition coefficient (Wildman–Crippen LogP) is 14.5. The average molecular weight is 1080 g/mol. The van der Waals surface area contributed by atoms with Crippen LogP contribution in [-0.4, -0.2) is 35.9 Å². The van der Waals surface area contributed by atoms with E-state index in [0.29, 0.717) is 17.8 Å². The summed E-state index contributed by atoms with van der Waals surface area (Å²) in [4.78, 5) is 10.00. The van der Waals surface area contributed by atoms with Gasteiger partial charge < -0.3 is 4.98 Å². The first-order valence-electron chi connectivity index (χ1n) is 21.6. The van der Waals surface area contributed by atoms with Crippen LogP contribution < -0.4 is 9.58 Å². The molecule has 61 heavy (non-hydrogen) atoms. The largest absolute Gasteiger partial charge is 0 e.